The largest absolute Gasteiger partial charge is 0.492 e. The standard InChI is InChI=1S/C29H30ClN3O2S2/c1-2-3-16-35-25-15-14-20(17-24(25)30)27-21(19-32(31-27)22-10-6-4-7-11-22)18-26-28(34)33(29(36)37-26)23-12-8-5-9-13-23/h4,6-7,10-11,14-15,17-19,23H,2-3,5,8-9,12-13,16H2,1H3/b26-18-. The van der Waals surface area contributed by atoms with Crippen molar-refractivity contribution in [3.05, 3.63) is 70.2 Å². The summed E-state index contributed by atoms with van der Waals surface area (Å²) in [4.78, 5) is 15.9. The highest BCUT2D eigenvalue weighted by Gasteiger charge is 2.37. The number of carbonyl (C=O) groups excluding carboxylic acids is 1. The molecule has 0 N–H and O–H groups in total. The number of hydrogen-bond acceptors (Lipinski definition) is 5. The molecule has 1 aliphatic heterocycles. The third-order valence-electron chi connectivity index (χ3n) is 6.77. The summed E-state index contributed by atoms with van der Waals surface area (Å²) in [6.07, 6.45) is 11.5. The maximum Gasteiger partial charge on any atom is 0.266 e. The molecule has 1 aromatic heterocycles. The first-order valence-corrected chi connectivity index (χ1v) is 14.5. The van der Waals surface area contributed by atoms with Crippen LogP contribution >= 0.6 is 35.6 Å². The van der Waals surface area contributed by atoms with Crippen LogP contribution in [-0.2, 0) is 4.79 Å². The van der Waals surface area contributed by atoms with Crippen molar-refractivity contribution in [2.45, 2.75) is 57.9 Å². The molecule has 8 heteroatoms. The van der Waals surface area contributed by atoms with Crippen molar-refractivity contribution in [1.82, 2.24) is 14.7 Å². The Morgan fingerprint density at radius 2 is 1.95 bits per heavy atom. The zero-order valence-corrected chi connectivity index (χ0v) is 23.2. The van der Waals surface area contributed by atoms with Crippen LogP contribution in [0.25, 0.3) is 23.0 Å². The van der Waals surface area contributed by atoms with Crippen molar-refractivity contribution in [3.8, 4) is 22.7 Å². The van der Waals surface area contributed by atoms with Gasteiger partial charge in [0.2, 0.25) is 0 Å². The summed E-state index contributed by atoms with van der Waals surface area (Å²) < 4.78 is 8.32. The van der Waals surface area contributed by atoms with Crippen molar-refractivity contribution >= 4 is 51.9 Å². The van der Waals surface area contributed by atoms with Gasteiger partial charge in [-0.1, -0.05) is 86.4 Å². The number of rotatable bonds is 8. The molecule has 37 heavy (non-hydrogen) atoms. The van der Waals surface area contributed by atoms with Crippen LogP contribution in [0.4, 0.5) is 0 Å². The number of para-hydroxylation sites is 1. The molecular formula is C29H30ClN3O2S2. The van der Waals surface area contributed by atoms with Crippen molar-refractivity contribution < 1.29 is 9.53 Å². The molecule has 5 nitrogen and oxygen atoms in total. The van der Waals surface area contributed by atoms with Crippen LogP contribution in [-0.4, -0.2) is 37.6 Å². The first-order chi connectivity index (χ1) is 18.0. The Bertz CT molecular complexity index is 1320. The molecule has 2 heterocycles. The minimum absolute atomic E-state index is 0.00184. The molecule has 0 atom stereocenters. The summed E-state index contributed by atoms with van der Waals surface area (Å²) >= 11 is 13.6. The van der Waals surface area contributed by atoms with E-state index in [1.807, 2.05) is 70.4 Å². The fourth-order valence-corrected chi connectivity index (χ4v) is 6.42. The number of aromatic nitrogens is 2. The van der Waals surface area contributed by atoms with Gasteiger partial charge in [-0.2, -0.15) is 5.10 Å². The topological polar surface area (TPSA) is 47.4 Å². The number of unbranched alkanes of at least 4 members (excludes halogenated alkanes) is 1. The monoisotopic (exact) mass is 551 g/mol. The molecule has 2 fully saturated rings. The highest BCUT2D eigenvalue weighted by atomic mass is 35.5. The van der Waals surface area contributed by atoms with Gasteiger partial charge in [0.15, 0.2) is 0 Å². The van der Waals surface area contributed by atoms with Crippen molar-refractivity contribution in [1.29, 1.82) is 0 Å². The number of nitrogens with zero attached hydrogens (tertiary/aromatic N) is 3. The number of hydrogen-bond donors (Lipinski definition) is 0. The first kappa shape index (κ1) is 26.0. The van der Waals surface area contributed by atoms with Crippen LogP contribution in [0, 0.1) is 0 Å². The second kappa shape index (κ2) is 11.8. The lowest BCUT2D eigenvalue weighted by Crippen LogP contribution is -2.39. The van der Waals surface area contributed by atoms with Gasteiger partial charge in [-0.15, -0.1) is 0 Å². The number of benzene rings is 2. The van der Waals surface area contributed by atoms with E-state index in [2.05, 4.69) is 6.92 Å². The smallest absolute Gasteiger partial charge is 0.266 e. The Hall–Kier alpha value is -2.61. The van der Waals surface area contributed by atoms with Crippen molar-refractivity contribution in [3.63, 3.8) is 0 Å². The number of thioether (sulfide) groups is 1. The van der Waals surface area contributed by atoms with Crippen LogP contribution < -0.4 is 4.74 Å². The summed E-state index contributed by atoms with van der Waals surface area (Å²) in [7, 11) is 0. The fraction of sp³-hybridized carbons (Fsp3) is 0.345. The molecule has 1 aliphatic carbocycles. The molecule has 3 aromatic rings. The number of carbonyl (C=O) groups is 1. The molecule has 192 valence electrons. The van der Waals surface area contributed by atoms with Gasteiger partial charge in [0.05, 0.1) is 22.2 Å². The lowest BCUT2D eigenvalue weighted by molar-refractivity contribution is -0.124. The van der Waals surface area contributed by atoms with Gasteiger partial charge in [0.25, 0.3) is 5.91 Å². The van der Waals surface area contributed by atoms with Gasteiger partial charge in [-0.05, 0) is 55.7 Å². The highest BCUT2D eigenvalue weighted by molar-refractivity contribution is 8.26. The molecule has 2 aromatic carbocycles. The summed E-state index contributed by atoms with van der Waals surface area (Å²) in [5.41, 5.74) is 3.37. The van der Waals surface area contributed by atoms with Crippen LogP contribution in [0.15, 0.2) is 59.6 Å². The molecule has 0 spiro atoms. The van der Waals surface area contributed by atoms with Crippen molar-refractivity contribution in [2.24, 2.45) is 0 Å². The van der Waals surface area contributed by atoms with Gasteiger partial charge in [-0.25, -0.2) is 4.68 Å². The fourth-order valence-electron chi connectivity index (χ4n) is 4.80. The minimum Gasteiger partial charge on any atom is -0.492 e. The number of amides is 1. The van der Waals surface area contributed by atoms with E-state index in [1.54, 1.807) is 0 Å². The average Bonchev–Trinajstić information content (AvgIpc) is 3.46. The third-order valence-corrected chi connectivity index (χ3v) is 8.40. The lowest BCUT2D eigenvalue weighted by atomic mass is 9.94. The average molecular weight is 552 g/mol. The molecular weight excluding hydrogens is 522 g/mol. The van der Waals surface area contributed by atoms with E-state index in [0.29, 0.717) is 26.6 Å². The van der Waals surface area contributed by atoms with Gasteiger partial charge in [-0.3, -0.25) is 9.69 Å². The zero-order chi connectivity index (χ0) is 25.8. The lowest BCUT2D eigenvalue weighted by Gasteiger charge is -2.29. The van der Waals surface area contributed by atoms with E-state index >= 15 is 0 Å². The van der Waals surface area contributed by atoms with Crippen LogP contribution in [0.2, 0.25) is 5.02 Å². The van der Waals surface area contributed by atoms with E-state index < -0.39 is 0 Å². The van der Waals surface area contributed by atoms with Crippen molar-refractivity contribution in [2.75, 3.05) is 6.61 Å². The Kier molecular flexibility index (Phi) is 8.33. The van der Waals surface area contributed by atoms with E-state index in [-0.39, 0.29) is 11.9 Å². The van der Waals surface area contributed by atoms with Crippen LogP contribution in [0.5, 0.6) is 5.75 Å². The summed E-state index contributed by atoms with van der Waals surface area (Å²) in [6, 6.07) is 15.9. The summed E-state index contributed by atoms with van der Waals surface area (Å²) in [5, 5.41) is 5.44. The Morgan fingerprint density at radius 1 is 1.16 bits per heavy atom. The quantitative estimate of drug-likeness (QED) is 0.162. The molecule has 0 bridgehead atoms. The predicted molar refractivity (Wildman–Crippen MR) is 156 cm³/mol. The van der Waals surface area contributed by atoms with Gasteiger partial charge in [0, 0.05) is 23.4 Å². The third kappa shape index (κ3) is 5.79. The van der Waals surface area contributed by atoms with E-state index in [1.165, 1.54) is 18.2 Å². The summed E-state index contributed by atoms with van der Waals surface area (Å²) in [5.74, 6) is 0.661. The maximum atomic E-state index is 13.5. The number of thiocarbonyl (C=S) groups is 1. The molecule has 2 aliphatic rings. The van der Waals surface area contributed by atoms with E-state index in [9.17, 15) is 4.79 Å². The van der Waals surface area contributed by atoms with Crippen LogP contribution in [0.3, 0.4) is 0 Å². The molecule has 0 unspecified atom stereocenters. The first-order valence-electron chi connectivity index (χ1n) is 12.9. The number of ether oxygens (including phenoxy) is 1. The molecule has 0 radical (unpaired) electrons. The van der Waals surface area contributed by atoms with Crippen LogP contribution in [0.1, 0.15) is 57.4 Å². The predicted octanol–water partition coefficient (Wildman–Crippen LogP) is 7.91. The molecule has 1 amide bonds. The normalized spacial score (nSPS) is 17.7. The Balaban J connectivity index is 1.50. The second-order valence-electron chi connectivity index (χ2n) is 9.40. The SMILES string of the molecule is CCCCOc1ccc(-c2nn(-c3ccccc3)cc2/C=C2\SC(=S)N(C3CCCCC3)C2=O)cc1Cl. The van der Waals surface area contributed by atoms with Gasteiger partial charge < -0.3 is 4.74 Å². The molecule has 5 rings (SSSR count). The molecule has 1 saturated carbocycles. The minimum atomic E-state index is -0.00184. The van der Waals surface area contributed by atoms with Gasteiger partial charge in [0.1, 0.15) is 15.8 Å². The Morgan fingerprint density at radius 3 is 2.68 bits per heavy atom. The highest BCUT2D eigenvalue weighted by Crippen LogP contribution is 2.39. The van der Waals surface area contributed by atoms with E-state index in [4.69, 9.17) is 33.7 Å². The number of halogens is 1. The second-order valence-corrected chi connectivity index (χ2v) is 11.5. The summed E-state index contributed by atoms with van der Waals surface area (Å²) in [6.45, 7) is 2.76. The zero-order valence-electron chi connectivity index (χ0n) is 20.9. The Labute approximate surface area is 232 Å². The molecule has 1 saturated heterocycles. The maximum absolute atomic E-state index is 13.5. The van der Waals surface area contributed by atoms with Gasteiger partial charge >= 0.3 is 0 Å². The van der Waals surface area contributed by atoms with E-state index in [0.717, 1.165) is 61.0 Å².